The number of piperidine rings is 1. The minimum Gasteiger partial charge on any atom is -0.508 e. The molecule has 0 amide bonds. The molecule has 1 aromatic rings. The van der Waals surface area contributed by atoms with E-state index in [1.54, 1.807) is 0 Å². The molecule has 1 spiro atoms. The Morgan fingerprint density at radius 3 is 2.50 bits per heavy atom. The third-order valence-electron chi connectivity index (χ3n) is 3.93. The van der Waals surface area contributed by atoms with Crippen LogP contribution in [0.4, 0.5) is 0 Å². The van der Waals surface area contributed by atoms with Crippen LogP contribution in [-0.2, 0) is 14.8 Å². The number of phenolic OH excluding ortho intramolecular Hbond substituents is 1. The summed E-state index contributed by atoms with van der Waals surface area (Å²) in [6.45, 7) is 2.31. The first-order valence-electron chi connectivity index (χ1n) is 6.71. The van der Waals surface area contributed by atoms with Crippen molar-refractivity contribution in [2.45, 2.75) is 23.5 Å². The van der Waals surface area contributed by atoms with Crippen LogP contribution >= 0.6 is 0 Å². The van der Waals surface area contributed by atoms with Gasteiger partial charge in [-0.3, -0.25) is 0 Å². The second-order valence-electron chi connectivity index (χ2n) is 5.12. The van der Waals surface area contributed by atoms with Crippen molar-refractivity contribution in [2.75, 3.05) is 26.2 Å². The second-order valence-corrected chi connectivity index (χ2v) is 6.98. The van der Waals surface area contributed by atoms with Crippen molar-refractivity contribution in [3.8, 4) is 5.75 Å². The van der Waals surface area contributed by atoms with Gasteiger partial charge in [0.05, 0.1) is 11.5 Å². The minimum atomic E-state index is -3.59. The molecule has 7 heteroatoms. The Kier molecular flexibility index (Phi) is 3.45. The Balaban J connectivity index is 1.95. The summed E-state index contributed by atoms with van der Waals surface area (Å²) in [7, 11) is -3.59. The van der Waals surface area contributed by atoms with Crippen LogP contribution in [0.15, 0.2) is 29.2 Å². The molecule has 110 valence electrons. The number of sulfonamides is 1. The first kappa shape index (κ1) is 13.8. The third kappa shape index (κ3) is 2.20. The van der Waals surface area contributed by atoms with Gasteiger partial charge in [0.1, 0.15) is 11.5 Å². The second kappa shape index (κ2) is 5.00. The van der Waals surface area contributed by atoms with Gasteiger partial charge >= 0.3 is 0 Å². The largest absolute Gasteiger partial charge is 0.508 e. The normalized spacial score (nSPS) is 23.2. The summed E-state index contributed by atoms with van der Waals surface area (Å²) in [6, 6.07) is 5.63. The predicted octanol–water partition coefficient (Wildman–Crippen LogP) is 0.493. The van der Waals surface area contributed by atoms with Crippen LogP contribution in [0.1, 0.15) is 12.8 Å². The van der Waals surface area contributed by atoms with Crippen molar-refractivity contribution in [3.05, 3.63) is 24.3 Å². The van der Waals surface area contributed by atoms with Crippen molar-refractivity contribution in [2.24, 2.45) is 0 Å². The van der Waals surface area contributed by atoms with Gasteiger partial charge in [0.25, 0.3) is 0 Å². The molecule has 2 aliphatic heterocycles. The number of nitrogens with zero attached hydrogens (tertiary/aromatic N) is 1. The quantitative estimate of drug-likeness (QED) is 0.831. The monoisotopic (exact) mass is 298 g/mol. The standard InChI is InChI=1S/C13H18N2O4S/c16-11-1-3-12(4-2-11)20(17,18)15-9-10-19-13(15)5-7-14-8-6-13/h1-4,14,16H,5-10H2. The summed E-state index contributed by atoms with van der Waals surface area (Å²) in [5, 5.41) is 12.5. The third-order valence-corrected chi connectivity index (χ3v) is 5.89. The average Bonchev–Trinajstić information content (AvgIpc) is 2.84. The molecular formula is C13H18N2O4S. The van der Waals surface area contributed by atoms with Crippen LogP contribution < -0.4 is 5.32 Å². The van der Waals surface area contributed by atoms with Crippen molar-refractivity contribution < 1.29 is 18.3 Å². The maximum absolute atomic E-state index is 12.8. The molecule has 2 fully saturated rings. The Morgan fingerprint density at radius 2 is 1.85 bits per heavy atom. The van der Waals surface area contributed by atoms with E-state index in [0.717, 1.165) is 13.1 Å². The number of phenols is 1. The smallest absolute Gasteiger partial charge is 0.245 e. The highest BCUT2D eigenvalue weighted by molar-refractivity contribution is 7.89. The van der Waals surface area contributed by atoms with E-state index in [4.69, 9.17) is 4.74 Å². The van der Waals surface area contributed by atoms with E-state index in [9.17, 15) is 13.5 Å². The summed E-state index contributed by atoms with van der Waals surface area (Å²) in [6.07, 6.45) is 1.31. The number of aromatic hydroxyl groups is 1. The fourth-order valence-electron chi connectivity index (χ4n) is 2.89. The van der Waals surface area contributed by atoms with Gasteiger partial charge < -0.3 is 15.2 Å². The van der Waals surface area contributed by atoms with Crippen LogP contribution in [0.5, 0.6) is 5.75 Å². The molecule has 2 aliphatic rings. The summed E-state index contributed by atoms with van der Waals surface area (Å²) in [5.41, 5.74) is -0.706. The first-order valence-corrected chi connectivity index (χ1v) is 8.15. The highest BCUT2D eigenvalue weighted by Gasteiger charge is 2.49. The number of nitrogens with one attached hydrogen (secondary N) is 1. The van der Waals surface area contributed by atoms with Crippen molar-refractivity contribution in [3.63, 3.8) is 0 Å². The molecule has 0 atom stereocenters. The van der Waals surface area contributed by atoms with Crippen LogP contribution in [0, 0.1) is 0 Å². The molecule has 2 saturated heterocycles. The fourth-order valence-corrected chi connectivity index (χ4v) is 4.61. The lowest BCUT2D eigenvalue weighted by molar-refractivity contribution is -0.0704. The molecule has 2 N–H and O–H groups in total. The molecule has 1 aromatic carbocycles. The minimum absolute atomic E-state index is 0.0539. The van der Waals surface area contributed by atoms with Crippen molar-refractivity contribution in [1.82, 2.24) is 9.62 Å². The number of hydrogen-bond acceptors (Lipinski definition) is 5. The Morgan fingerprint density at radius 1 is 1.20 bits per heavy atom. The van der Waals surface area contributed by atoms with Crippen LogP contribution in [0.3, 0.4) is 0 Å². The highest BCUT2D eigenvalue weighted by atomic mass is 32.2. The highest BCUT2D eigenvalue weighted by Crippen LogP contribution is 2.36. The van der Waals surface area contributed by atoms with Gasteiger partial charge in [-0.2, -0.15) is 4.31 Å². The molecule has 6 nitrogen and oxygen atoms in total. The molecule has 2 heterocycles. The molecule has 20 heavy (non-hydrogen) atoms. The molecule has 0 saturated carbocycles. The average molecular weight is 298 g/mol. The van der Waals surface area contributed by atoms with E-state index in [0.29, 0.717) is 26.0 Å². The number of hydrogen-bond donors (Lipinski definition) is 2. The van der Waals surface area contributed by atoms with Gasteiger partial charge in [-0.25, -0.2) is 8.42 Å². The number of rotatable bonds is 2. The molecule has 0 aliphatic carbocycles. The van der Waals surface area contributed by atoms with E-state index in [2.05, 4.69) is 5.32 Å². The topological polar surface area (TPSA) is 78.9 Å². The summed E-state index contributed by atoms with van der Waals surface area (Å²) < 4.78 is 32.8. The fraction of sp³-hybridized carbons (Fsp3) is 0.538. The van der Waals surface area contributed by atoms with E-state index in [1.165, 1.54) is 28.6 Å². The molecule has 3 rings (SSSR count). The summed E-state index contributed by atoms with van der Waals surface area (Å²) in [4.78, 5) is 0.193. The SMILES string of the molecule is O=S(=O)(c1ccc(O)cc1)N1CCOC12CCNCC2. The van der Waals surface area contributed by atoms with E-state index >= 15 is 0 Å². The zero-order valence-electron chi connectivity index (χ0n) is 11.1. The van der Waals surface area contributed by atoms with Gasteiger partial charge in [-0.05, 0) is 37.4 Å². The first-order chi connectivity index (χ1) is 9.55. The lowest BCUT2D eigenvalue weighted by atomic mass is 10.0. The molecule has 0 aromatic heterocycles. The summed E-state index contributed by atoms with van der Waals surface area (Å²) >= 11 is 0. The molecular weight excluding hydrogens is 280 g/mol. The van der Waals surface area contributed by atoms with E-state index < -0.39 is 15.7 Å². The Bertz CT molecular complexity index is 579. The zero-order valence-corrected chi connectivity index (χ0v) is 11.9. The summed E-state index contributed by atoms with van der Waals surface area (Å²) in [5.74, 6) is 0.0539. The molecule has 0 radical (unpaired) electrons. The lowest BCUT2D eigenvalue weighted by Gasteiger charge is -2.39. The zero-order chi connectivity index (χ0) is 14.2. The maximum atomic E-state index is 12.8. The van der Waals surface area contributed by atoms with E-state index in [-0.39, 0.29) is 10.6 Å². The van der Waals surface area contributed by atoms with Crippen molar-refractivity contribution >= 4 is 10.0 Å². The molecule has 0 unspecified atom stereocenters. The number of benzene rings is 1. The van der Waals surface area contributed by atoms with Crippen molar-refractivity contribution in [1.29, 1.82) is 0 Å². The van der Waals surface area contributed by atoms with Gasteiger partial charge in [0.2, 0.25) is 10.0 Å². The lowest BCUT2D eigenvalue weighted by Crippen LogP contribution is -2.53. The van der Waals surface area contributed by atoms with Crippen LogP contribution in [0.2, 0.25) is 0 Å². The van der Waals surface area contributed by atoms with Crippen LogP contribution in [-0.4, -0.2) is 49.8 Å². The predicted molar refractivity (Wildman–Crippen MR) is 72.8 cm³/mol. The number of ether oxygens (including phenoxy) is 1. The van der Waals surface area contributed by atoms with Gasteiger partial charge in [0.15, 0.2) is 0 Å². The van der Waals surface area contributed by atoms with Gasteiger partial charge in [-0.1, -0.05) is 0 Å². The Labute approximate surface area is 118 Å². The molecule has 0 bridgehead atoms. The van der Waals surface area contributed by atoms with Gasteiger partial charge in [-0.15, -0.1) is 0 Å². The van der Waals surface area contributed by atoms with Gasteiger partial charge in [0, 0.05) is 19.4 Å². The Hall–Kier alpha value is -1.15. The maximum Gasteiger partial charge on any atom is 0.245 e. The van der Waals surface area contributed by atoms with Crippen LogP contribution in [0.25, 0.3) is 0 Å². The van der Waals surface area contributed by atoms with E-state index in [1.807, 2.05) is 0 Å².